The average Bonchev–Trinajstić information content (AvgIpc) is 2.50. The molecule has 0 radical (unpaired) electrons. The van der Waals surface area contributed by atoms with E-state index in [2.05, 4.69) is 43.5 Å². The quantitative estimate of drug-likeness (QED) is 0.746. The molecule has 0 saturated heterocycles. The lowest BCUT2D eigenvalue weighted by atomic mass is 9.86. The monoisotopic (exact) mass is 333 g/mol. The Morgan fingerprint density at radius 3 is 2.08 bits per heavy atom. The molecule has 24 heavy (non-hydrogen) atoms. The number of benzene rings is 1. The standard InChI is InChI=1S/C19H31N3O2/c1-12(2)17(20)18(24)21-11-16(23)22-13(3)14-7-9-15(10-8-14)19(4,5)6/h7-10,12-13,17H,11,20H2,1-6H3,(H,21,24)(H,22,23)/t13?,17-/m0/s1. The summed E-state index contributed by atoms with van der Waals surface area (Å²) in [5.74, 6) is -0.498. The van der Waals surface area contributed by atoms with Gasteiger partial charge in [-0.05, 0) is 29.4 Å². The Balaban J connectivity index is 2.54. The molecule has 0 aliphatic carbocycles. The molecule has 0 spiro atoms. The highest BCUT2D eigenvalue weighted by Gasteiger charge is 2.18. The summed E-state index contributed by atoms with van der Waals surface area (Å²) in [6.07, 6.45) is 0. The highest BCUT2D eigenvalue weighted by Crippen LogP contribution is 2.23. The zero-order valence-corrected chi connectivity index (χ0v) is 15.6. The van der Waals surface area contributed by atoms with Crippen LogP contribution in [-0.2, 0) is 15.0 Å². The van der Waals surface area contributed by atoms with E-state index in [1.54, 1.807) is 0 Å². The Morgan fingerprint density at radius 2 is 1.62 bits per heavy atom. The molecular weight excluding hydrogens is 302 g/mol. The van der Waals surface area contributed by atoms with Crippen LogP contribution in [0.1, 0.15) is 58.7 Å². The first-order chi connectivity index (χ1) is 11.0. The summed E-state index contributed by atoms with van der Waals surface area (Å²) >= 11 is 0. The molecule has 0 saturated carbocycles. The second kappa shape index (κ2) is 8.29. The van der Waals surface area contributed by atoms with Crippen molar-refractivity contribution in [2.24, 2.45) is 11.7 Å². The average molecular weight is 333 g/mol. The first kappa shape index (κ1) is 20.2. The molecule has 0 fully saturated rings. The third-order valence-electron chi connectivity index (χ3n) is 4.10. The van der Waals surface area contributed by atoms with Gasteiger partial charge in [-0.15, -0.1) is 0 Å². The highest BCUT2D eigenvalue weighted by molar-refractivity contribution is 5.87. The fraction of sp³-hybridized carbons (Fsp3) is 0.579. The third kappa shape index (κ3) is 5.96. The van der Waals surface area contributed by atoms with Gasteiger partial charge in [0.25, 0.3) is 0 Å². The van der Waals surface area contributed by atoms with Gasteiger partial charge < -0.3 is 16.4 Å². The van der Waals surface area contributed by atoms with Crippen molar-refractivity contribution >= 4 is 11.8 Å². The van der Waals surface area contributed by atoms with Crippen molar-refractivity contribution in [3.63, 3.8) is 0 Å². The predicted octanol–water partition coefficient (Wildman–Crippen LogP) is 2.26. The van der Waals surface area contributed by atoms with Gasteiger partial charge in [-0.3, -0.25) is 9.59 Å². The van der Waals surface area contributed by atoms with Crippen LogP contribution < -0.4 is 16.4 Å². The van der Waals surface area contributed by atoms with Crippen LogP contribution in [-0.4, -0.2) is 24.4 Å². The van der Waals surface area contributed by atoms with Crippen molar-refractivity contribution in [3.8, 4) is 0 Å². The molecule has 0 aromatic heterocycles. The maximum atomic E-state index is 12.0. The number of hydrogen-bond donors (Lipinski definition) is 3. The molecule has 4 N–H and O–H groups in total. The third-order valence-corrected chi connectivity index (χ3v) is 4.10. The van der Waals surface area contributed by atoms with Crippen LogP contribution in [0.4, 0.5) is 0 Å². The van der Waals surface area contributed by atoms with E-state index >= 15 is 0 Å². The molecule has 0 heterocycles. The van der Waals surface area contributed by atoms with Crippen molar-refractivity contribution in [3.05, 3.63) is 35.4 Å². The summed E-state index contributed by atoms with van der Waals surface area (Å²) in [5.41, 5.74) is 8.12. The molecule has 1 rings (SSSR count). The number of nitrogens with two attached hydrogens (primary N) is 1. The van der Waals surface area contributed by atoms with Gasteiger partial charge in [0.15, 0.2) is 0 Å². The second-order valence-corrected chi connectivity index (χ2v) is 7.65. The molecule has 1 unspecified atom stereocenters. The van der Waals surface area contributed by atoms with Gasteiger partial charge >= 0.3 is 0 Å². The number of carbonyl (C=O) groups is 2. The van der Waals surface area contributed by atoms with Crippen LogP contribution in [0.2, 0.25) is 0 Å². The highest BCUT2D eigenvalue weighted by atomic mass is 16.2. The second-order valence-electron chi connectivity index (χ2n) is 7.65. The molecule has 5 nitrogen and oxygen atoms in total. The molecule has 0 aliphatic rings. The lowest BCUT2D eigenvalue weighted by molar-refractivity contribution is -0.127. The van der Waals surface area contributed by atoms with Gasteiger partial charge in [-0.25, -0.2) is 0 Å². The maximum Gasteiger partial charge on any atom is 0.239 e. The van der Waals surface area contributed by atoms with E-state index in [-0.39, 0.29) is 35.7 Å². The summed E-state index contributed by atoms with van der Waals surface area (Å²) in [4.78, 5) is 23.7. The Bertz CT molecular complexity index is 559. The van der Waals surface area contributed by atoms with Crippen LogP contribution in [0.3, 0.4) is 0 Å². The van der Waals surface area contributed by atoms with E-state index < -0.39 is 6.04 Å². The Morgan fingerprint density at radius 1 is 1.08 bits per heavy atom. The lowest BCUT2D eigenvalue weighted by Gasteiger charge is -2.21. The van der Waals surface area contributed by atoms with Gasteiger partial charge in [0, 0.05) is 0 Å². The number of nitrogens with one attached hydrogen (secondary N) is 2. The zero-order valence-electron chi connectivity index (χ0n) is 15.6. The van der Waals surface area contributed by atoms with E-state index in [1.165, 1.54) is 5.56 Å². The normalized spacial score (nSPS) is 14.2. The predicted molar refractivity (Wildman–Crippen MR) is 97.5 cm³/mol. The van der Waals surface area contributed by atoms with Crippen molar-refractivity contribution in [1.29, 1.82) is 0 Å². The molecule has 1 aromatic rings. The lowest BCUT2D eigenvalue weighted by Crippen LogP contribution is -2.47. The van der Waals surface area contributed by atoms with Crippen LogP contribution in [0, 0.1) is 5.92 Å². The fourth-order valence-corrected chi connectivity index (χ4v) is 2.24. The molecular formula is C19H31N3O2. The van der Waals surface area contributed by atoms with Crippen LogP contribution in [0.15, 0.2) is 24.3 Å². The minimum absolute atomic E-state index is 0.0355. The fourth-order valence-electron chi connectivity index (χ4n) is 2.24. The molecule has 1 aromatic carbocycles. The van der Waals surface area contributed by atoms with E-state index in [1.807, 2.05) is 32.9 Å². The summed E-state index contributed by atoms with van der Waals surface area (Å²) in [7, 11) is 0. The molecule has 2 amide bonds. The topological polar surface area (TPSA) is 84.2 Å². The van der Waals surface area contributed by atoms with Gasteiger partial charge in [0.1, 0.15) is 0 Å². The van der Waals surface area contributed by atoms with Crippen molar-refractivity contribution in [1.82, 2.24) is 10.6 Å². The molecule has 2 atom stereocenters. The van der Waals surface area contributed by atoms with Gasteiger partial charge in [-0.1, -0.05) is 58.9 Å². The molecule has 0 aliphatic heterocycles. The largest absolute Gasteiger partial charge is 0.348 e. The number of amides is 2. The van der Waals surface area contributed by atoms with Crippen LogP contribution in [0.25, 0.3) is 0 Å². The van der Waals surface area contributed by atoms with Crippen molar-refractivity contribution in [2.45, 2.75) is 59.0 Å². The van der Waals surface area contributed by atoms with E-state index in [9.17, 15) is 9.59 Å². The summed E-state index contributed by atoms with van der Waals surface area (Å²) < 4.78 is 0. The molecule has 0 bridgehead atoms. The number of rotatable bonds is 6. The molecule has 134 valence electrons. The van der Waals surface area contributed by atoms with Crippen LogP contribution >= 0.6 is 0 Å². The first-order valence-corrected chi connectivity index (χ1v) is 8.45. The minimum atomic E-state index is -0.597. The summed E-state index contributed by atoms with van der Waals surface area (Å²) in [5, 5.41) is 5.46. The maximum absolute atomic E-state index is 12.0. The van der Waals surface area contributed by atoms with E-state index in [0.29, 0.717) is 0 Å². The van der Waals surface area contributed by atoms with Gasteiger partial charge in [-0.2, -0.15) is 0 Å². The van der Waals surface area contributed by atoms with Crippen molar-refractivity contribution in [2.75, 3.05) is 6.54 Å². The number of carbonyl (C=O) groups excluding carboxylic acids is 2. The smallest absolute Gasteiger partial charge is 0.239 e. The Labute approximate surface area is 145 Å². The summed E-state index contributed by atoms with van der Waals surface area (Å²) in [6, 6.07) is 7.50. The van der Waals surface area contributed by atoms with E-state index in [0.717, 1.165) is 5.56 Å². The number of hydrogen-bond acceptors (Lipinski definition) is 3. The SMILES string of the molecule is CC(NC(=O)CNC(=O)[C@@H](N)C(C)C)c1ccc(C(C)(C)C)cc1. The van der Waals surface area contributed by atoms with E-state index in [4.69, 9.17) is 5.73 Å². The van der Waals surface area contributed by atoms with Crippen molar-refractivity contribution < 1.29 is 9.59 Å². The van der Waals surface area contributed by atoms with Gasteiger partial charge in [0.2, 0.25) is 11.8 Å². The first-order valence-electron chi connectivity index (χ1n) is 8.45. The zero-order chi connectivity index (χ0) is 18.5. The summed E-state index contributed by atoms with van der Waals surface area (Å²) in [6.45, 7) is 12.1. The Hall–Kier alpha value is -1.88. The van der Waals surface area contributed by atoms with Crippen LogP contribution in [0.5, 0.6) is 0 Å². The minimum Gasteiger partial charge on any atom is -0.348 e. The van der Waals surface area contributed by atoms with Gasteiger partial charge in [0.05, 0.1) is 18.6 Å². The Kier molecular flexibility index (Phi) is 6.96. The molecule has 5 heteroatoms.